The summed E-state index contributed by atoms with van der Waals surface area (Å²) in [6.07, 6.45) is 16.2. The molecule has 0 aliphatic heterocycles. The molecule has 0 bridgehead atoms. The van der Waals surface area contributed by atoms with Crippen molar-refractivity contribution in [1.29, 1.82) is 10.5 Å². The Labute approximate surface area is 237 Å². The fraction of sp³-hybridized carbons (Fsp3) is 0.424. The molecule has 0 spiro atoms. The number of aryl methyl sites for hydroxylation is 1. The van der Waals surface area contributed by atoms with Crippen LogP contribution in [0.5, 0.6) is 11.5 Å². The van der Waals surface area contributed by atoms with Gasteiger partial charge >= 0.3 is 5.97 Å². The Morgan fingerprint density at radius 2 is 1.32 bits per heavy atom. The smallest absolute Gasteiger partial charge is 0.343 e. The van der Waals surface area contributed by atoms with Gasteiger partial charge in [-0.2, -0.15) is 10.5 Å². The first-order chi connectivity index (χ1) is 19.6. The van der Waals surface area contributed by atoms with E-state index in [4.69, 9.17) is 9.47 Å². The maximum Gasteiger partial charge on any atom is 0.343 e. The number of aromatic nitrogens is 2. The molecule has 208 valence electrons. The van der Waals surface area contributed by atoms with E-state index in [0.717, 1.165) is 43.2 Å². The second-order valence-corrected chi connectivity index (χ2v) is 9.84. The van der Waals surface area contributed by atoms with Crippen LogP contribution in [0.2, 0.25) is 0 Å². The minimum Gasteiger partial charge on any atom is -0.492 e. The average molecular weight is 539 g/mol. The number of esters is 1. The SMILES string of the molecule is CCCCCCCCCOc1ccc(OC(=O)c2ccc(-c3ncc(CCCCC)cn3)cc2)c(C#N)c1C#N. The minimum atomic E-state index is -0.629. The zero-order valence-electron chi connectivity index (χ0n) is 23.6. The normalized spacial score (nSPS) is 10.5. The number of rotatable bonds is 16. The Bertz CT molecular complexity index is 1310. The van der Waals surface area contributed by atoms with Crippen molar-refractivity contribution < 1.29 is 14.3 Å². The van der Waals surface area contributed by atoms with Gasteiger partial charge in [-0.25, -0.2) is 14.8 Å². The van der Waals surface area contributed by atoms with E-state index in [1.54, 1.807) is 30.3 Å². The number of hydrogen-bond acceptors (Lipinski definition) is 7. The van der Waals surface area contributed by atoms with Gasteiger partial charge in [-0.3, -0.25) is 0 Å². The van der Waals surface area contributed by atoms with Gasteiger partial charge in [0.15, 0.2) is 11.6 Å². The Morgan fingerprint density at radius 3 is 1.98 bits per heavy atom. The van der Waals surface area contributed by atoms with Gasteiger partial charge < -0.3 is 9.47 Å². The van der Waals surface area contributed by atoms with Crippen LogP contribution in [0, 0.1) is 22.7 Å². The van der Waals surface area contributed by atoms with Gasteiger partial charge in [0.1, 0.15) is 29.0 Å². The van der Waals surface area contributed by atoms with Gasteiger partial charge in [0.25, 0.3) is 0 Å². The molecule has 7 heteroatoms. The Kier molecular flexibility index (Phi) is 12.6. The first-order valence-corrected chi connectivity index (χ1v) is 14.3. The van der Waals surface area contributed by atoms with Crippen LogP contribution in [0.25, 0.3) is 11.4 Å². The highest BCUT2D eigenvalue weighted by Gasteiger charge is 2.19. The van der Waals surface area contributed by atoms with Crippen LogP contribution in [-0.4, -0.2) is 22.5 Å². The Balaban J connectivity index is 1.60. The predicted octanol–water partition coefficient (Wildman–Crippen LogP) is 7.97. The summed E-state index contributed by atoms with van der Waals surface area (Å²) in [7, 11) is 0. The number of nitriles is 2. The Morgan fingerprint density at radius 1 is 0.750 bits per heavy atom. The number of carbonyl (C=O) groups is 1. The molecule has 0 aliphatic carbocycles. The number of ether oxygens (including phenoxy) is 2. The molecule has 2 aromatic carbocycles. The van der Waals surface area contributed by atoms with Gasteiger partial charge in [0.05, 0.1) is 12.2 Å². The Hall–Kier alpha value is -4.23. The van der Waals surface area contributed by atoms with Gasteiger partial charge in [-0.1, -0.05) is 77.3 Å². The molecule has 40 heavy (non-hydrogen) atoms. The van der Waals surface area contributed by atoms with Gasteiger partial charge in [0.2, 0.25) is 0 Å². The van der Waals surface area contributed by atoms with Crippen molar-refractivity contribution >= 4 is 5.97 Å². The molecule has 7 nitrogen and oxygen atoms in total. The second-order valence-electron chi connectivity index (χ2n) is 9.84. The summed E-state index contributed by atoms with van der Waals surface area (Å²) in [5.74, 6) is 0.302. The first-order valence-electron chi connectivity index (χ1n) is 14.3. The van der Waals surface area contributed by atoms with Crippen molar-refractivity contribution in [3.8, 4) is 35.0 Å². The zero-order chi connectivity index (χ0) is 28.6. The van der Waals surface area contributed by atoms with Crippen LogP contribution in [0.1, 0.15) is 105 Å². The van der Waals surface area contributed by atoms with Crippen LogP contribution in [-0.2, 0) is 6.42 Å². The molecule has 0 amide bonds. The first kappa shape index (κ1) is 30.3. The van der Waals surface area contributed by atoms with Crippen molar-refractivity contribution in [1.82, 2.24) is 9.97 Å². The molecular formula is C33H38N4O3. The fourth-order valence-electron chi connectivity index (χ4n) is 4.36. The number of benzene rings is 2. The van der Waals surface area contributed by atoms with E-state index >= 15 is 0 Å². The molecule has 0 N–H and O–H groups in total. The van der Waals surface area contributed by atoms with E-state index in [1.807, 2.05) is 24.5 Å². The van der Waals surface area contributed by atoms with Crippen LogP contribution < -0.4 is 9.47 Å². The number of unbranched alkanes of at least 4 members (excludes halogenated alkanes) is 8. The highest BCUT2D eigenvalue weighted by molar-refractivity contribution is 5.92. The predicted molar refractivity (Wildman–Crippen MR) is 155 cm³/mol. The van der Waals surface area contributed by atoms with E-state index in [1.165, 1.54) is 44.6 Å². The molecular weight excluding hydrogens is 500 g/mol. The van der Waals surface area contributed by atoms with E-state index in [0.29, 0.717) is 23.7 Å². The summed E-state index contributed by atoms with van der Waals surface area (Å²) in [6, 6.07) is 13.9. The summed E-state index contributed by atoms with van der Waals surface area (Å²) in [4.78, 5) is 21.8. The van der Waals surface area contributed by atoms with Crippen molar-refractivity contribution in [2.24, 2.45) is 0 Å². The monoisotopic (exact) mass is 538 g/mol. The summed E-state index contributed by atoms with van der Waals surface area (Å²) >= 11 is 0. The van der Waals surface area contributed by atoms with Crippen LogP contribution in [0.15, 0.2) is 48.8 Å². The van der Waals surface area contributed by atoms with Crippen molar-refractivity contribution in [3.63, 3.8) is 0 Å². The highest BCUT2D eigenvalue weighted by atomic mass is 16.5. The number of hydrogen-bond donors (Lipinski definition) is 0. The quantitative estimate of drug-likeness (QED) is 0.103. The summed E-state index contributed by atoms with van der Waals surface area (Å²) in [5.41, 5.74) is 2.25. The molecule has 0 unspecified atom stereocenters. The zero-order valence-corrected chi connectivity index (χ0v) is 23.6. The molecule has 1 heterocycles. The van der Waals surface area contributed by atoms with Crippen molar-refractivity contribution in [2.75, 3.05) is 6.61 Å². The molecule has 3 aromatic rings. The second kappa shape index (κ2) is 16.7. The lowest BCUT2D eigenvalue weighted by Gasteiger charge is -2.12. The van der Waals surface area contributed by atoms with Gasteiger partial charge in [0, 0.05) is 18.0 Å². The molecule has 0 aliphatic rings. The maximum atomic E-state index is 12.8. The summed E-state index contributed by atoms with van der Waals surface area (Å²) in [6.45, 7) is 4.84. The maximum absolute atomic E-state index is 12.8. The molecule has 0 atom stereocenters. The fourth-order valence-corrected chi connectivity index (χ4v) is 4.36. The van der Waals surface area contributed by atoms with Crippen molar-refractivity contribution in [3.05, 3.63) is 71.0 Å². The van der Waals surface area contributed by atoms with Gasteiger partial charge in [-0.05, 0) is 49.1 Å². The molecule has 0 fully saturated rings. The number of carbonyl (C=O) groups excluding carboxylic acids is 1. The average Bonchev–Trinajstić information content (AvgIpc) is 2.99. The minimum absolute atomic E-state index is 0.0167. The lowest BCUT2D eigenvalue weighted by atomic mass is 10.1. The third-order valence-corrected chi connectivity index (χ3v) is 6.71. The molecule has 3 rings (SSSR count). The van der Waals surface area contributed by atoms with Crippen LogP contribution >= 0.6 is 0 Å². The summed E-state index contributed by atoms with van der Waals surface area (Å²) in [5, 5.41) is 19.4. The lowest BCUT2D eigenvalue weighted by Crippen LogP contribution is -2.10. The molecule has 0 radical (unpaired) electrons. The standard InChI is InChI=1S/C33H38N4O3/c1-3-5-7-8-9-10-12-20-39-30-18-19-31(29(22-35)28(30)21-34)40-33(38)27-16-14-26(15-17-27)32-36-23-25(24-37-32)13-11-6-4-2/h14-19,23-24H,3-13,20H2,1-2H3. The highest BCUT2D eigenvalue weighted by Crippen LogP contribution is 2.30. The molecule has 0 saturated heterocycles. The van der Waals surface area contributed by atoms with Crippen LogP contribution in [0.4, 0.5) is 0 Å². The van der Waals surface area contributed by atoms with Crippen LogP contribution in [0.3, 0.4) is 0 Å². The van der Waals surface area contributed by atoms with E-state index in [2.05, 4.69) is 23.8 Å². The van der Waals surface area contributed by atoms with E-state index in [9.17, 15) is 15.3 Å². The largest absolute Gasteiger partial charge is 0.492 e. The number of nitrogens with zero attached hydrogens (tertiary/aromatic N) is 4. The third-order valence-electron chi connectivity index (χ3n) is 6.71. The molecule has 1 aromatic heterocycles. The lowest BCUT2D eigenvalue weighted by molar-refractivity contribution is 0.0734. The van der Waals surface area contributed by atoms with E-state index < -0.39 is 5.97 Å². The van der Waals surface area contributed by atoms with E-state index in [-0.39, 0.29) is 16.9 Å². The van der Waals surface area contributed by atoms with Crippen molar-refractivity contribution in [2.45, 2.75) is 84.5 Å². The topological polar surface area (TPSA) is 109 Å². The van der Waals surface area contributed by atoms with Gasteiger partial charge in [-0.15, -0.1) is 0 Å². The third kappa shape index (κ3) is 8.92. The molecule has 0 saturated carbocycles. The summed E-state index contributed by atoms with van der Waals surface area (Å²) < 4.78 is 11.3.